The predicted octanol–water partition coefficient (Wildman–Crippen LogP) is 4.03. The second kappa shape index (κ2) is 9.84. The van der Waals surface area contributed by atoms with Gasteiger partial charge in [-0.2, -0.15) is 26.3 Å². The van der Waals surface area contributed by atoms with E-state index in [2.05, 4.69) is 5.32 Å². The summed E-state index contributed by atoms with van der Waals surface area (Å²) < 4.78 is 116. The lowest BCUT2D eigenvalue weighted by Gasteiger charge is -2.32. The zero-order chi connectivity index (χ0) is 28.8. The summed E-state index contributed by atoms with van der Waals surface area (Å²) in [5.41, 5.74) is -6.48. The Balaban J connectivity index is 1.96. The van der Waals surface area contributed by atoms with Crippen molar-refractivity contribution in [3.05, 3.63) is 59.2 Å². The molecule has 0 bridgehead atoms. The van der Waals surface area contributed by atoms with Gasteiger partial charge in [0.15, 0.2) is 9.84 Å². The average Bonchev–Trinajstić information content (AvgIpc) is 3.20. The van der Waals surface area contributed by atoms with Crippen molar-refractivity contribution in [1.82, 2.24) is 4.90 Å². The highest BCUT2D eigenvalue weighted by Crippen LogP contribution is 2.50. The lowest BCUT2D eigenvalue weighted by molar-refractivity contribution is -0.376. The highest BCUT2D eigenvalue weighted by molar-refractivity contribution is 7.90. The fraction of sp³-hybridized carbons (Fsp3) is 0.391. The van der Waals surface area contributed by atoms with E-state index < -0.39 is 63.8 Å². The van der Waals surface area contributed by atoms with Gasteiger partial charge in [-0.25, -0.2) is 8.42 Å². The summed E-state index contributed by atoms with van der Waals surface area (Å²) in [5, 5.41) is 11.8. The molecule has 2 aromatic carbocycles. The molecule has 38 heavy (non-hydrogen) atoms. The maximum Gasteiger partial charge on any atom is 0.430 e. The Hall–Kier alpha value is -3.20. The number of alkyl halides is 7. The van der Waals surface area contributed by atoms with Crippen molar-refractivity contribution in [1.29, 1.82) is 0 Å². The average molecular weight is 570 g/mol. The van der Waals surface area contributed by atoms with Crippen LogP contribution in [0.3, 0.4) is 0 Å². The third-order valence-electron chi connectivity index (χ3n) is 6.06. The van der Waals surface area contributed by atoms with Crippen LogP contribution in [0.25, 0.3) is 0 Å². The van der Waals surface area contributed by atoms with Crippen LogP contribution in [-0.2, 0) is 31.6 Å². The number of halogens is 7. The summed E-state index contributed by atoms with van der Waals surface area (Å²) >= 11 is 0. The largest absolute Gasteiger partial charge is 0.430 e. The van der Waals surface area contributed by atoms with E-state index in [0.29, 0.717) is 24.3 Å². The zero-order valence-electron chi connectivity index (χ0n) is 19.7. The molecule has 2 N–H and O–H groups in total. The van der Waals surface area contributed by atoms with Gasteiger partial charge in [-0.3, -0.25) is 14.0 Å². The molecule has 0 saturated heterocycles. The highest BCUT2D eigenvalue weighted by atomic mass is 32.2. The summed E-state index contributed by atoms with van der Waals surface area (Å²) in [7, 11) is -3.65. The minimum atomic E-state index is -6.09. The quantitative estimate of drug-likeness (QED) is 0.511. The number of sulfone groups is 1. The summed E-state index contributed by atoms with van der Waals surface area (Å²) in [6.07, 6.45) is -11.2. The van der Waals surface area contributed by atoms with E-state index in [0.717, 1.165) is 11.2 Å². The highest BCUT2D eigenvalue weighted by Gasteiger charge is 2.71. The third kappa shape index (κ3) is 5.21. The van der Waals surface area contributed by atoms with Crippen LogP contribution in [0.2, 0.25) is 0 Å². The van der Waals surface area contributed by atoms with Gasteiger partial charge in [0.05, 0.1) is 10.8 Å². The first-order chi connectivity index (χ1) is 17.3. The molecule has 0 fully saturated rings. The number of rotatable bonds is 6. The van der Waals surface area contributed by atoms with E-state index >= 15 is 0 Å². The fourth-order valence-corrected chi connectivity index (χ4v) is 4.66. The smallest absolute Gasteiger partial charge is 0.369 e. The molecule has 0 spiro atoms. The van der Waals surface area contributed by atoms with Gasteiger partial charge in [-0.15, -0.1) is 0 Å². The van der Waals surface area contributed by atoms with Crippen LogP contribution in [0.4, 0.5) is 36.4 Å². The maximum absolute atomic E-state index is 13.2. The van der Waals surface area contributed by atoms with Crippen molar-refractivity contribution < 1.29 is 53.8 Å². The SMILES string of the molecule is CC(CF)C(=O)N1Cc2cc(S(C)(=O)=O)ccc2C1C(=O)Nc1ccc(C(O)(C(F)(F)F)C(F)(F)F)cc1. The Kier molecular flexibility index (Phi) is 7.60. The Morgan fingerprint density at radius 2 is 1.61 bits per heavy atom. The van der Waals surface area contributed by atoms with Crippen LogP contribution in [-0.4, -0.2) is 55.5 Å². The van der Waals surface area contributed by atoms with Crippen LogP contribution in [0.1, 0.15) is 29.7 Å². The lowest BCUT2D eigenvalue weighted by Crippen LogP contribution is -2.53. The summed E-state index contributed by atoms with van der Waals surface area (Å²) in [6.45, 7) is -0.0378. The Morgan fingerprint density at radius 3 is 2.08 bits per heavy atom. The number of nitrogens with zero attached hydrogens (tertiary/aromatic N) is 1. The van der Waals surface area contributed by atoms with E-state index in [1.165, 1.54) is 25.1 Å². The van der Waals surface area contributed by atoms with E-state index in [-0.39, 0.29) is 28.3 Å². The van der Waals surface area contributed by atoms with Crippen molar-refractivity contribution in [2.75, 3.05) is 18.2 Å². The number of carbonyl (C=O) groups excluding carboxylic acids is 2. The van der Waals surface area contributed by atoms with Crippen molar-refractivity contribution in [3.63, 3.8) is 0 Å². The fourth-order valence-electron chi connectivity index (χ4n) is 3.99. The van der Waals surface area contributed by atoms with Crippen molar-refractivity contribution in [2.45, 2.75) is 42.4 Å². The minimum absolute atomic E-state index is 0.0966. The molecule has 0 aromatic heterocycles. The predicted molar refractivity (Wildman–Crippen MR) is 119 cm³/mol. The molecule has 1 aliphatic rings. The monoisotopic (exact) mass is 570 g/mol. The van der Waals surface area contributed by atoms with Crippen molar-refractivity contribution >= 4 is 27.3 Å². The molecule has 3 rings (SSSR count). The summed E-state index contributed by atoms with van der Waals surface area (Å²) in [4.78, 5) is 26.8. The first kappa shape index (κ1) is 29.4. The van der Waals surface area contributed by atoms with Gasteiger partial charge >= 0.3 is 12.4 Å². The van der Waals surface area contributed by atoms with Crippen molar-refractivity contribution in [2.24, 2.45) is 5.92 Å². The van der Waals surface area contributed by atoms with Crippen LogP contribution >= 0.6 is 0 Å². The van der Waals surface area contributed by atoms with E-state index in [9.17, 15) is 53.8 Å². The number of hydrogen-bond donors (Lipinski definition) is 2. The molecule has 2 amide bonds. The number of anilines is 1. The van der Waals surface area contributed by atoms with Gasteiger partial charge < -0.3 is 15.3 Å². The second-order valence-electron chi connectivity index (χ2n) is 8.83. The molecule has 2 atom stereocenters. The molecule has 208 valence electrons. The Labute approximate surface area is 212 Å². The number of amides is 2. The van der Waals surface area contributed by atoms with E-state index in [1.54, 1.807) is 0 Å². The molecular weight excluding hydrogens is 549 g/mol. The Bertz CT molecular complexity index is 1330. The van der Waals surface area contributed by atoms with Crippen LogP contribution < -0.4 is 5.32 Å². The molecule has 15 heteroatoms. The molecule has 1 heterocycles. The van der Waals surface area contributed by atoms with Crippen LogP contribution in [0, 0.1) is 5.92 Å². The molecule has 2 aromatic rings. The van der Waals surface area contributed by atoms with Gasteiger partial charge in [-0.05, 0) is 35.4 Å². The van der Waals surface area contributed by atoms with Gasteiger partial charge in [0, 0.05) is 24.1 Å². The molecule has 0 radical (unpaired) electrons. The zero-order valence-corrected chi connectivity index (χ0v) is 20.5. The lowest BCUT2D eigenvalue weighted by atomic mass is 9.92. The maximum atomic E-state index is 13.2. The summed E-state index contributed by atoms with van der Waals surface area (Å²) in [6, 6.07) is 4.43. The second-order valence-corrected chi connectivity index (χ2v) is 10.8. The molecule has 2 unspecified atom stereocenters. The number of carbonyl (C=O) groups is 2. The number of nitrogens with one attached hydrogen (secondary N) is 1. The molecule has 1 aliphatic heterocycles. The van der Waals surface area contributed by atoms with E-state index in [4.69, 9.17) is 0 Å². The molecular formula is C23H21F7N2O5S. The molecule has 7 nitrogen and oxygen atoms in total. The first-order valence-electron chi connectivity index (χ1n) is 10.8. The standard InChI is InChI=1S/C23H21F7N2O5S/c1-12(10-24)20(34)32-11-13-9-16(38(2,36)37)7-8-17(13)18(32)19(33)31-15-5-3-14(4-6-15)21(35,22(25,26)27)23(28,29)30/h3-9,12,18,35H,10-11H2,1-2H3,(H,31,33). The van der Waals surface area contributed by atoms with Crippen LogP contribution in [0.5, 0.6) is 0 Å². The van der Waals surface area contributed by atoms with Gasteiger partial charge in [-0.1, -0.05) is 25.1 Å². The molecule has 0 saturated carbocycles. The van der Waals surface area contributed by atoms with Crippen molar-refractivity contribution in [3.8, 4) is 0 Å². The van der Waals surface area contributed by atoms with Gasteiger partial charge in [0.25, 0.3) is 11.5 Å². The topological polar surface area (TPSA) is 104 Å². The number of benzene rings is 2. The minimum Gasteiger partial charge on any atom is -0.369 e. The number of hydrogen-bond acceptors (Lipinski definition) is 5. The normalized spacial score (nSPS) is 17.2. The summed E-state index contributed by atoms with van der Waals surface area (Å²) in [5.74, 6) is -2.87. The van der Waals surface area contributed by atoms with Crippen LogP contribution in [0.15, 0.2) is 47.4 Å². The van der Waals surface area contributed by atoms with Gasteiger partial charge in [0.1, 0.15) is 12.7 Å². The molecule has 0 aliphatic carbocycles. The Morgan fingerprint density at radius 1 is 1.05 bits per heavy atom. The number of aliphatic hydroxyl groups is 1. The third-order valence-corrected chi connectivity index (χ3v) is 7.17. The number of fused-ring (bicyclic) bond motifs is 1. The van der Waals surface area contributed by atoms with E-state index in [1.807, 2.05) is 0 Å². The first-order valence-corrected chi connectivity index (χ1v) is 12.7. The van der Waals surface area contributed by atoms with Gasteiger partial charge in [0.2, 0.25) is 5.91 Å².